The smallest absolute Gasteiger partial charge is 0.0923 e. The van der Waals surface area contributed by atoms with Gasteiger partial charge in [-0.15, -0.1) is 0 Å². The minimum Gasteiger partial charge on any atom is -0.387 e. The van der Waals surface area contributed by atoms with Gasteiger partial charge in [-0.1, -0.05) is 73.0 Å². The molecule has 2 nitrogen and oxygen atoms in total. The summed E-state index contributed by atoms with van der Waals surface area (Å²) in [5, 5.41) is 15.9. The highest BCUT2D eigenvalue weighted by Crippen LogP contribution is 2.33. The van der Waals surface area contributed by atoms with Crippen molar-refractivity contribution in [2.45, 2.75) is 45.6 Å². The number of fused-ring (bicyclic) bond motifs is 3. The molecule has 0 aliphatic heterocycles. The molecule has 0 aromatic heterocycles. The van der Waals surface area contributed by atoms with Crippen LogP contribution >= 0.6 is 15.9 Å². The maximum atomic E-state index is 11.2. The minimum absolute atomic E-state index is 0.480. The Hall–Kier alpha value is -1.42. The van der Waals surface area contributed by atoms with E-state index in [9.17, 15) is 5.11 Å². The van der Waals surface area contributed by atoms with Crippen molar-refractivity contribution in [3.63, 3.8) is 0 Å². The van der Waals surface area contributed by atoms with E-state index in [0.717, 1.165) is 28.5 Å². The molecule has 1 atom stereocenters. The van der Waals surface area contributed by atoms with Crippen molar-refractivity contribution in [3.05, 3.63) is 58.6 Å². The average Bonchev–Trinajstić information content (AvgIpc) is 2.68. The first-order chi connectivity index (χ1) is 13.1. The van der Waals surface area contributed by atoms with Crippen molar-refractivity contribution >= 4 is 37.5 Å². The van der Waals surface area contributed by atoms with Crippen molar-refractivity contribution in [2.75, 3.05) is 19.6 Å². The molecule has 0 amide bonds. The fraction of sp³-hybridized carbons (Fsp3) is 0.417. The largest absolute Gasteiger partial charge is 0.387 e. The number of hydrogen-bond acceptors (Lipinski definition) is 2. The standard InChI is InChI=1S/C24H30BrNO/c1-3-5-13-26(14-6-4-2)17-24(27)23-16-18-15-19(25)11-12-20(18)21-9-7-8-10-22(21)23/h7-12,15-16,24,27H,3-6,13-14,17H2,1-2H3. The molecular weight excluding hydrogens is 398 g/mol. The Labute approximate surface area is 171 Å². The Morgan fingerprint density at radius 2 is 1.56 bits per heavy atom. The number of nitrogens with zero attached hydrogens (tertiary/aromatic N) is 1. The summed E-state index contributed by atoms with van der Waals surface area (Å²) in [6, 6.07) is 17.0. The van der Waals surface area contributed by atoms with Crippen molar-refractivity contribution < 1.29 is 5.11 Å². The van der Waals surface area contributed by atoms with Gasteiger partial charge >= 0.3 is 0 Å². The van der Waals surface area contributed by atoms with Gasteiger partial charge in [-0.25, -0.2) is 0 Å². The lowest BCUT2D eigenvalue weighted by molar-refractivity contribution is 0.112. The zero-order chi connectivity index (χ0) is 19.2. The van der Waals surface area contributed by atoms with E-state index >= 15 is 0 Å². The van der Waals surface area contributed by atoms with Crippen molar-refractivity contribution in [3.8, 4) is 0 Å². The van der Waals surface area contributed by atoms with E-state index < -0.39 is 6.10 Å². The maximum Gasteiger partial charge on any atom is 0.0923 e. The van der Waals surface area contributed by atoms with Gasteiger partial charge in [0, 0.05) is 11.0 Å². The third kappa shape index (κ3) is 4.90. The minimum atomic E-state index is -0.480. The lowest BCUT2D eigenvalue weighted by atomic mass is 9.94. The van der Waals surface area contributed by atoms with E-state index in [4.69, 9.17) is 0 Å². The summed E-state index contributed by atoms with van der Waals surface area (Å²) < 4.78 is 1.07. The second-order valence-corrected chi connectivity index (χ2v) is 8.32. The Bertz CT molecular complexity index is 884. The van der Waals surface area contributed by atoms with Crippen molar-refractivity contribution in [1.82, 2.24) is 4.90 Å². The van der Waals surface area contributed by atoms with Crippen molar-refractivity contribution in [2.24, 2.45) is 0 Å². The Balaban J connectivity index is 1.97. The zero-order valence-corrected chi connectivity index (χ0v) is 18.0. The number of unbranched alkanes of at least 4 members (excludes halogenated alkanes) is 2. The molecule has 0 spiro atoms. The summed E-state index contributed by atoms with van der Waals surface area (Å²) in [4.78, 5) is 2.43. The summed E-state index contributed by atoms with van der Waals surface area (Å²) in [7, 11) is 0. The van der Waals surface area contributed by atoms with Crippen LogP contribution < -0.4 is 0 Å². The van der Waals surface area contributed by atoms with E-state index in [2.05, 4.69) is 83.2 Å². The topological polar surface area (TPSA) is 23.5 Å². The fourth-order valence-electron chi connectivity index (χ4n) is 3.79. The molecule has 0 fully saturated rings. The van der Waals surface area contributed by atoms with Gasteiger partial charge in [0.2, 0.25) is 0 Å². The Morgan fingerprint density at radius 3 is 2.22 bits per heavy atom. The average molecular weight is 428 g/mol. The van der Waals surface area contributed by atoms with E-state index in [1.54, 1.807) is 0 Å². The third-order valence-corrected chi connectivity index (χ3v) is 5.79. The summed E-state index contributed by atoms with van der Waals surface area (Å²) in [5.74, 6) is 0. The summed E-state index contributed by atoms with van der Waals surface area (Å²) in [5.41, 5.74) is 1.04. The van der Waals surface area contributed by atoms with Crippen LogP contribution in [0.1, 0.15) is 51.2 Å². The molecule has 3 heteroatoms. The molecule has 3 aromatic rings. The van der Waals surface area contributed by atoms with Crippen LogP contribution in [0.2, 0.25) is 0 Å². The molecule has 0 saturated heterocycles. The van der Waals surface area contributed by atoms with Gasteiger partial charge in [0.05, 0.1) is 6.10 Å². The number of rotatable bonds is 9. The first-order valence-corrected chi connectivity index (χ1v) is 10.9. The van der Waals surface area contributed by atoms with Crippen LogP contribution in [0.4, 0.5) is 0 Å². The van der Waals surface area contributed by atoms with Crippen LogP contribution in [0, 0.1) is 0 Å². The molecule has 27 heavy (non-hydrogen) atoms. The predicted molar refractivity (Wildman–Crippen MR) is 120 cm³/mol. The molecule has 0 heterocycles. The van der Waals surface area contributed by atoms with E-state index in [1.807, 2.05) is 0 Å². The summed E-state index contributed by atoms with van der Waals surface area (Å²) in [6.45, 7) is 7.27. The molecule has 1 unspecified atom stereocenters. The van der Waals surface area contributed by atoms with Gasteiger partial charge < -0.3 is 10.0 Å². The monoisotopic (exact) mass is 427 g/mol. The Morgan fingerprint density at radius 1 is 0.889 bits per heavy atom. The van der Waals surface area contributed by atoms with Crippen molar-refractivity contribution in [1.29, 1.82) is 0 Å². The maximum absolute atomic E-state index is 11.2. The molecule has 144 valence electrons. The predicted octanol–water partition coefficient (Wildman–Crippen LogP) is 6.69. The van der Waals surface area contributed by atoms with Gasteiger partial charge in [-0.2, -0.15) is 0 Å². The van der Waals surface area contributed by atoms with E-state index in [0.29, 0.717) is 6.54 Å². The number of halogens is 1. The number of aliphatic hydroxyl groups excluding tert-OH is 1. The molecule has 0 radical (unpaired) electrons. The normalized spacial score (nSPS) is 12.9. The van der Waals surface area contributed by atoms with Crippen LogP contribution in [-0.2, 0) is 0 Å². The molecule has 3 aromatic carbocycles. The number of benzene rings is 3. The molecule has 0 aliphatic carbocycles. The number of aliphatic hydroxyl groups is 1. The van der Waals surface area contributed by atoms with Crippen LogP contribution in [-0.4, -0.2) is 29.6 Å². The molecule has 0 aliphatic rings. The van der Waals surface area contributed by atoms with E-state index in [-0.39, 0.29) is 0 Å². The second-order valence-electron chi connectivity index (χ2n) is 7.40. The highest BCUT2D eigenvalue weighted by Gasteiger charge is 2.17. The van der Waals surface area contributed by atoms with Crippen LogP contribution in [0.25, 0.3) is 21.5 Å². The first kappa shape index (κ1) is 20.3. The second kappa shape index (κ2) is 9.68. The zero-order valence-electron chi connectivity index (χ0n) is 16.4. The van der Waals surface area contributed by atoms with E-state index in [1.165, 1.54) is 41.8 Å². The van der Waals surface area contributed by atoms with Gasteiger partial charge in [0.15, 0.2) is 0 Å². The summed E-state index contributed by atoms with van der Waals surface area (Å²) >= 11 is 3.58. The first-order valence-electron chi connectivity index (χ1n) is 10.1. The number of hydrogen-bond donors (Lipinski definition) is 1. The fourth-order valence-corrected chi connectivity index (χ4v) is 4.17. The Kier molecular flexibility index (Phi) is 7.28. The SMILES string of the molecule is CCCCN(CCCC)CC(O)c1cc2cc(Br)ccc2c2ccccc12. The lowest BCUT2D eigenvalue weighted by Crippen LogP contribution is -2.30. The van der Waals surface area contributed by atoms with Crippen LogP contribution in [0.5, 0.6) is 0 Å². The van der Waals surface area contributed by atoms with Gasteiger partial charge in [0.1, 0.15) is 0 Å². The molecule has 0 saturated carbocycles. The highest BCUT2D eigenvalue weighted by atomic mass is 79.9. The quantitative estimate of drug-likeness (QED) is 0.384. The molecule has 3 rings (SSSR count). The molecular formula is C24H30BrNO. The van der Waals surface area contributed by atoms with Gasteiger partial charge in [-0.3, -0.25) is 0 Å². The summed E-state index contributed by atoms with van der Waals surface area (Å²) in [6.07, 6.45) is 4.26. The van der Waals surface area contributed by atoms with Gasteiger partial charge in [-0.05, 0) is 71.2 Å². The third-order valence-electron chi connectivity index (χ3n) is 5.30. The lowest BCUT2D eigenvalue weighted by Gasteiger charge is -2.26. The highest BCUT2D eigenvalue weighted by molar-refractivity contribution is 9.10. The van der Waals surface area contributed by atoms with Crippen LogP contribution in [0.15, 0.2) is 53.0 Å². The molecule has 0 bridgehead atoms. The van der Waals surface area contributed by atoms with Gasteiger partial charge in [0.25, 0.3) is 0 Å². The van der Waals surface area contributed by atoms with Crippen LogP contribution in [0.3, 0.4) is 0 Å². The molecule has 1 N–H and O–H groups in total.